The van der Waals surface area contributed by atoms with Gasteiger partial charge in [0.1, 0.15) is 0 Å². The van der Waals surface area contributed by atoms with Crippen molar-refractivity contribution in [1.29, 1.82) is 0 Å². The van der Waals surface area contributed by atoms with Crippen LogP contribution in [0.4, 0.5) is 0 Å². The molecule has 1 atom stereocenters. The zero-order chi connectivity index (χ0) is 11.5. The van der Waals surface area contributed by atoms with Gasteiger partial charge in [-0.05, 0) is 6.54 Å². The van der Waals surface area contributed by atoms with E-state index in [-0.39, 0.29) is 30.8 Å². The number of hydrogen-bond donors (Lipinski definition) is 0. The first kappa shape index (κ1) is 11.5. The fourth-order valence-electron chi connectivity index (χ4n) is 2.23. The third-order valence-electron chi connectivity index (χ3n) is 3.16. The van der Waals surface area contributed by atoms with Gasteiger partial charge < -0.3 is 9.64 Å². The maximum Gasteiger partial charge on any atom is 0.230 e. The molecule has 5 nitrogen and oxygen atoms in total. The molecule has 2 aliphatic rings. The number of carbonyl (C=O) groups excluding carboxylic acids is 2. The number of nitrogens with zero attached hydrogens (tertiary/aromatic N) is 2. The van der Waals surface area contributed by atoms with Gasteiger partial charge in [0.15, 0.2) is 5.78 Å². The number of likely N-dealkylation sites (N-methyl/N-ethyl adjacent to an activating group) is 1. The average molecular weight is 226 g/mol. The fraction of sp³-hybridized carbons (Fsp3) is 0.818. The Bertz CT molecular complexity index is 293. The molecule has 5 heteroatoms. The second-order valence-electron chi connectivity index (χ2n) is 4.38. The summed E-state index contributed by atoms with van der Waals surface area (Å²) in [7, 11) is 0. The molecule has 0 aromatic rings. The van der Waals surface area contributed by atoms with Crippen LogP contribution in [0.1, 0.15) is 13.3 Å². The van der Waals surface area contributed by atoms with Crippen LogP contribution in [0.5, 0.6) is 0 Å². The summed E-state index contributed by atoms with van der Waals surface area (Å²) in [4.78, 5) is 26.5. The predicted octanol–water partition coefficient (Wildman–Crippen LogP) is -0.491. The Morgan fingerprint density at radius 2 is 2.25 bits per heavy atom. The highest BCUT2D eigenvalue weighted by Gasteiger charge is 2.30. The molecule has 2 aliphatic heterocycles. The molecule has 0 bridgehead atoms. The van der Waals surface area contributed by atoms with E-state index in [1.54, 1.807) is 4.90 Å². The Balaban J connectivity index is 1.85. The Hall–Kier alpha value is -0.940. The molecule has 1 amide bonds. The number of ketones is 1. The lowest BCUT2D eigenvalue weighted by molar-refractivity contribution is -0.130. The van der Waals surface area contributed by atoms with E-state index in [4.69, 9.17) is 4.74 Å². The summed E-state index contributed by atoms with van der Waals surface area (Å²) in [6.07, 6.45) is 0.132. The van der Waals surface area contributed by atoms with Gasteiger partial charge in [-0.1, -0.05) is 6.92 Å². The first-order valence-electron chi connectivity index (χ1n) is 5.82. The molecule has 2 saturated heterocycles. The molecule has 0 spiro atoms. The lowest BCUT2D eigenvalue weighted by Crippen LogP contribution is -2.47. The minimum Gasteiger partial charge on any atom is -0.374 e. The predicted molar refractivity (Wildman–Crippen MR) is 58.1 cm³/mol. The van der Waals surface area contributed by atoms with Gasteiger partial charge in [0.25, 0.3) is 0 Å². The molecule has 0 aromatic carbocycles. The number of morpholine rings is 1. The van der Waals surface area contributed by atoms with Crippen molar-refractivity contribution < 1.29 is 14.3 Å². The van der Waals surface area contributed by atoms with E-state index in [0.29, 0.717) is 13.2 Å². The van der Waals surface area contributed by atoms with Crippen LogP contribution in [-0.2, 0) is 14.3 Å². The molecule has 2 fully saturated rings. The molecular weight excluding hydrogens is 208 g/mol. The second-order valence-corrected chi connectivity index (χ2v) is 4.38. The van der Waals surface area contributed by atoms with Crippen LogP contribution in [0.2, 0.25) is 0 Å². The number of carbonyl (C=O) groups is 2. The quantitative estimate of drug-likeness (QED) is 0.609. The van der Waals surface area contributed by atoms with Crippen molar-refractivity contribution in [1.82, 2.24) is 9.80 Å². The summed E-state index contributed by atoms with van der Waals surface area (Å²) < 4.78 is 5.61. The van der Waals surface area contributed by atoms with E-state index < -0.39 is 0 Å². The number of hydrogen-bond acceptors (Lipinski definition) is 4. The molecule has 16 heavy (non-hydrogen) atoms. The lowest BCUT2D eigenvalue weighted by atomic mass is 10.2. The van der Waals surface area contributed by atoms with Crippen LogP contribution < -0.4 is 0 Å². The number of Topliss-reactive ketones (excluding diaryl/α,β-unsaturated/α-hetero) is 1. The molecule has 2 heterocycles. The van der Waals surface area contributed by atoms with Crippen LogP contribution in [0.25, 0.3) is 0 Å². The summed E-state index contributed by atoms with van der Waals surface area (Å²) >= 11 is 0. The first-order chi connectivity index (χ1) is 7.69. The highest BCUT2D eigenvalue weighted by molar-refractivity contribution is 6.05. The summed E-state index contributed by atoms with van der Waals surface area (Å²) in [5.74, 6) is -0.0321. The normalized spacial score (nSPS) is 27.8. The van der Waals surface area contributed by atoms with E-state index in [1.165, 1.54) is 0 Å². The van der Waals surface area contributed by atoms with Gasteiger partial charge in [0.05, 0.1) is 25.7 Å². The van der Waals surface area contributed by atoms with E-state index in [9.17, 15) is 9.59 Å². The highest BCUT2D eigenvalue weighted by atomic mass is 16.5. The zero-order valence-electron chi connectivity index (χ0n) is 9.65. The van der Waals surface area contributed by atoms with Crippen LogP contribution in [0, 0.1) is 0 Å². The van der Waals surface area contributed by atoms with Crippen molar-refractivity contribution in [3.8, 4) is 0 Å². The summed E-state index contributed by atoms with van der Waals surface area (Å²) in [6.45, 7) is 6.48. The monoisotopic (exact) mass is 226 g/mol. The van der Waals surface area contributed by atoms with Crippen LogP contribution >= 0.6 is 0 Å². The molecule has 0 aromatic heterocycles. The number of rotatable bonds is 3. The molecule has 1 unspecified atom stereocenters. The Morgan fingerprint density at radius 1 is 1.44 bits per heavy atom. The minimum absolute atomic E-state index is 0.0214. The Labute approximate surface area is 95.3 Å². The third kappa shape index (κ3) is 2.59. The number of amides is 1. The largest absolute Gasteiger partial charge is 0.374 e. The molecule has 0 N–H and O–H groups in total. The second kappa shape index (κ2) is 4.93. The number of likely N-dealkylation sites (tertiary alicyclic amines) is 1. The smallest absolute Gasteiger partial charge is 0.230 e. The minimum atomic E-state index is -0.0535. The van der Waals surface area contributed by atoms with Crippen molar-refractivity contribution in [2.45, 2.75) is 19.4 Å². The van der Waals surface area contributed by atoms with E-state index >= 15 is 0 Å². The van der Waals surface area contributed by atoms with Gasteiger partial charge in [-0.3, -0.25) is 14.5 Å². The maximum absolute atomic E-state index is 11.4. The Morgan fingerprint density at radius 3 is 2.88 bits per heavy atom. The van der Waals surface area contributed by atoms with Gasteiger partial charge in [0.2, 0.25) is 5.91 Å². The van der Waals surface area contributed by atoms with E-state index in [0.717, 1.165) is 19.6 Å². The van der Waals surface area contributed by atoms with Gasteiger partial charge in [-0.25, -0.2) is 0 Å². The maximum atomic E-state index is 11.4. The van der Waals surface area contributed by atoms with Crippen LogP contribution in [0.3, 0.4) is 0 Å². The standard InChI is InChI=1S/C11H18N2O3/c1-2-12-3-4-16-10(7-12)8-13-6-9(14)5-11(13)15/h10H,2-8H2,1H3. The molecule has 0 aliphatic carbocycles. The van der Waals surface area contributed by atoms with Crippen molar-refractivity contribution in [2.24, 2.45) is 0 Å². The van der Waals surface area contributed by atoms with Crippen molar-refractivity contribution in [3.05, 3.63) is 0 Å². The van der Waals surface area contributed by atoms with Gasteiger partial charge in [-0.2, -0.15) is 0 Å². The Kier molecular flexibility index (Phi) is 3.56. The van der Waals surface area contributed by atoms with E-state index in [1.807, 2.05) is 0 Å². The molecule has 0 radical (unpaired) electrons. The summed E-state index contributed by atoms with van der Waals surface area (Å²) in [5.41, 5.74) is 0. The molecule has 0 saturated carbocycles. The highest BCUT2D eigenvalue weighted by Crippen LogP contribution is 2.11. The topological polar surface area (TPSA) is 49.9 Å². The van der Waals surface area contributed by atoms with Gasteiger partial charge in [-0.15, -0.1) is 0 Å². The average Bonchev–Trinajstić information content (AvgIpc) is 2.58. The zero-order valence-corrected chi connectivity index (χ0v) is 9.65. The first-order valence-corrected chi connectivity index (χ1v) is 5.82. The van der Waals surface area contributed by atoms with Gasteiger partial charge in [0, 0.05) is 19.6 Å². The van der Waals surface area contributed by atoms with Crippen LogP contribution in [-0.4, -0.2) is 66.9 Å². The SMILES string of the molecule is CCN1CCOC(CN2CC(=O)CC2=O)C1. The molecule has 90 valence electrons. The van der Waals surface area contributed by atoms with Gasteiger partial charge >= 0.3 is 0 Å². The lowest BCUT2D eigenvalue weighted by Gasteiger charge is -2.33. The molecule has 2 rings (SSSR count). The summed E-state index contributed by atoms with van der Waals surface area (Å²) in [6, 6.07) is 0. The third-order valence-corrected chi connectivity index (χ3v) is 3.16. The van der Waals surface area contributed by atoms with Crippen molar-refractivity contribution in [2.75, 3.05) is 39.3 Å². The van der Waals surface area contributed by atoms with E-state index in [2.05, 4.69) is 11.8 Å². The van der Waals surface area contributed by atoms with Crippen molar-refractivity contribution in [3.63, 3.8) is 0 Å². The van der Waals surface area contributed by atoms with Crippen LogP contribution in [0.15, 0.2) is 0 Å². The summed E-state index contributed by atoms with van der Waals surface area (Å²) in [5, 5.41) is 0. The molecular formula is C11H18N2O3. The number of ether oxygens (including phenoxy) is 1. The fourth-order valence-corrected chi connectivity index (χ4v) is 2.23. The van der Waals surface area contributed by atoms with Crippen molar-refractivity contribution >= 4 is 11.7 Å².